The van der Waals surface area contributed by atoms with E-state index in [1.54, 1.807) is 12.1 Å². The van der Waals surface area contributed by atoms with Gasteiger partial charge in [-0.3, -0.25) is 4.79 Å². The number of sulfone groups is 1. The molecule has 2 aromatic rings. The number of anilines is 1. The average Bonchev–Trinajstić information content (AvgIpc) is 2.96. The maximum absolute atomic E-state index is 13.6. The Kier molecular flexibility index (Phi) is 11.0. The van der Waals surface area contributed by atoms with Crippen LogP contribution in [-0.4, -0.2) is 83.2 Å². The number of amides is 1. The summed E-state index contributed by atoms with van der Waals surface area (Å²) < 4.78 is 49.8. The second-order valence-electron chi connectivity index (χ2n) is 11.6. The first-order valence-electron chi connectivity index (χ1n) is 14.9. The largest absolute Gasteiger partial charge is 0.312 e. The Bertz CT molecular complexity index is 1330. The van der Waals surface area contributed by atoms with Crippen molar-refractivity contribution in [1.82, 2.24) is 9.21 Å². The fourth-order valence-corrected chi connectivity index (χ4v) is 8.25. The van der Waals surface area contributed by atoms with E-state index >= 15 is 0 Å². The van der Waals surface area contributed by atoms with E-state index in [2.05, 4.69) is 4.90 Å². The highest BCUT2D eigenvalue weighted by Gasteiger charge is 2.32. The highest BCUT2D eigenvalue weighted by atomic mass is 32.2. The van der Waals surface area contributed by atoms with Gasteiger partial charge in [-0.05, 0) is 100 Å². The molecule has 10 heteroatoms. The van der Waals surface area contributed by atoms with Gasteiger partial charge >= 0.3 is 0 Å². The summed E-state index contributed by atoms with van der Waals surface area (Å²) in [5.74, 6) is 0.707. The average molecular weight is 604 g/mol. The molecule has 2 saturated heterocycles. The van der Waals surface area contributed by atoms with Gasteiger partial charge in [0, 0.05) is 31.2 Å². The maximum atomic E-state index is 13.6. The number of likely N-dealkylation sites (tertiary alicyclic amines) is 1. The maximum Gasteiger partial charge on any atom is 0.230 e. The van der Waals surface area contributed by atoms with Gasteiger partial charge in [0.05, 0.1) is 16.9 Å². The lowest BCUT2D eigenvalue weighted by molar-refractivity contribution is -0.123. The smallest absolute Gasteiger partial charge is 0.230 e. The second kappa shape index (κ2) is 14.3. The zero-order valence-electron chi connectivity index (χ0n) is 24.4. The van der Waals surface area contributed by atoms with Crippen LogP contribution in [0.3, 0.4) is 0 Å². The fraction of sp³-hybridized carbons (Fsp3) is 0.581. The van der Waals surface area contributed by atoms with Gasteiger partial charge in [0.1, 0.15) is 0 Å². The molecule has 2 aromatic carbocycles. The number of para-hydroxylation sites is 1. The van der Waals surface area contributed by atoms with Crippen molar-refractivity contribution in [3.63, 3.8) is 0 Å². The van der Waals surface area contributed by atoms with Gasteiger partial charge in [-0.1, -0.05) is 37.3 Å². The predicted octanol–water partition coefficient (Wildman–Crippen LogP) is 4.22. The van der Waals surface area contributed by atoms with E-state index in [9.17, 15) is 21.6 Å². The molecule has 0 N–H and O–H groups in total. The van der Waals surface area contributed by atoms with E-state index in [-0.39, 0.29) is 17.6 Å². The van der Waals surface area contributed by atoms with Crippen molar-refractivity contribution >= 4 is 31.5 Å². The number of sulfonamides is 1. The fourth-order valence-electron chi connectivity index (χ4n) is 6.05. The third kappa shape index (κ3) is 8.86. The van der Waals surface area contributed by atoms with Crippen molar-refractivity contribution in [2.75, 3.05) is 56.2 Å². The van der Waals surface area contributed by atoms with Crippen LogP contribution in [0.5, 0.6) is 0 Å². The second-order valence-corrected chi connectivity index (χ2v) is 15.7. The summed E-state index contributed by atoms with van der Waals surface area (Å²) in [4.78, 5) is 18.4. The summed E-state index contributed by atoms with van der Waals surface area (Å²) in [6, 6.07) is 17.2. The Labute approximate surface area is 246 Å². The van der Waals surface area contributed by atoms with Gasteiger partial charge in [0.2, 0.25) is 15.9 Å². The van der Waals surface area contributed by atoms with Gasteiger partial charge < -0.3 is 9.80 Å². The van der Waals surface area contributed by atoms with E-state index in [1.165, 1.54) is 16.1 Å². The Morgan fingerprint density at radius 1 is 0.878 bits per heavy atom. The minimum atomic E-state index is -3.22. The lowest BCUT2D eigenvalue weighted by Crippen LogP contribution is -2.45. The molecule has 8 nitrogen and oxygen atoms in total. The lowest BCUT2D eigenvalue weighted by Gasteiger charge is -2.34. The molecule has 41 heavy (non-hydrogen) atoms. The van der Waals surface area contributed by atoms with E-state index in [1.807, 2.05) is 54.3 Å². The van der Waals surface area contributed by atoms with Gasteiger partial charge in [-0.15, -0.1) is 0 Å². The summed E-state index contributed by atoms with van der Waals surface area (Å²) in [6.45, 7) is 6.30. The van der Waals surface area contributed by atoms with Gasteiger partial charge in [0.15, 0.2) is 9.84 Å². The number of benzene rings is 2. The predicted molar refractivity (Wildman–Crippen MR) is 164 cm³/mol. The van der Waals surface area contributed by atoms with Crippen LogP contribution in [-0.2, 0) is 31.1 Å². The molecule has 4 rings (SSSR count). The van der Waals surface area contributed by atoms with Crippen molar-refractivity contribution in [1.29, 1.82) is 0 Å². The summed E-state index contributed by atoms with van der Waals surface area (Å²) in [6.07, 6.45) is 7.02. The topological polar surface area (TPSA) is 95.1 Å². The molecule has 226 valence electrons. The highest BCUT2D eigenvalue weighted by molar-refractivity contribution is 7.91. The van der Waals surface area contributed by atoms with E-state index in [4.69, 9.17) is 0 Å². The van der Waals surface area contributed by atoms with E-state index in [0.717, 1.165) is 51.0 Å². The first-order valence-corrected chi connectivity index (χ1v) is 18.4. The molecular weight excluding hydrogens is 558 g/mol. The Morgan fingerprint density at radius 3 is 2.10 bits per heavy atom. The minimum Gasteiger partial charge on any atom is -0.312 e. The quantitative estimate of drug-likeness (QED) is 0.361. The zero-order valence-corrected chi connectivity index (χ0v) is 26.1. The van der Waals surface area contributed by atoms with Gasteiger partial charge in [-0.2, -0.15) is 0 Å². The molecule has 0 saturated carbocycles. The molecule has 2 aliphatic heterocycles. The first-order chi connectivity index (χ1) is 19.6. The molecule has 2 aliphatic rings. The monoisotopic (exact) mass is 603 g/mol. The molecule has 0 spiro atoms. The van der Waals surface area contributed by atoms with Gasteiger partial charge in [-0.25, -0.2) is 21.1 Å². The van der Waals surface area contributed by atoms with Crippen LogP contribution in [0.2, 0.25) is 0 Å². The SMILES string of the molecule is CCCS(=O)(=O)c1ccc(CC2CCN(CCCN(C(=O)C3CCN(S(C)(=O)=O)CC3)c3ccccc3)CC2)cc1. The summed E-state index contributed by atoms with van der Waals surface area (Å²) in [5, 5.41) is 0. The number of nitrogens with zero attached hydrogens (tertiary/aromatic N) is 3. The van der Waals surface area contributed by atoms with Crippen molar-refractivity contribution in [2.45, 2.75) is 56.8 Å². The van der Waals surface area contributed by atoms with E-state index in [0.29, 0.717) is 49.7 Å². The first kappa shape index (κ1) is 31.7. The molecule has 2 fully saturated rings. The molecule has 0 bridgehead atoms. The van der Waals surface area contributed by atoms with Crippen LogP contribution in [0.1, 0.15) is 51.0 Å². The standard InChI is InChI=1S/C31H45N3O5S2/c1-3-24-41(38,39)30-12-10-26(11-13-30)25-27-14-20-32(21-15-27)18-7-19-34(29-8-5-4-6-9-29)31(35)28-16-22-33(23-17-28)40(2,36)37/h4-6,8-13,27-28H,3,7,14-25H2,1-2H3. The van der Waals surface area contributed by atoms with Gasteiger partial charge in [0.25, 0.3) is 0 Å². The summed E-state index contributed by atoms with van der Waals surface area (Å²) >= 11 is 0. The zero-order chi connectivity index (χ0) is 29.5. The molecule has 0 unspecified atom stereocenters. The van der Waals surface area contributed by atoms with Crippen LogP contribution in [0.4, 0.5) is 5.69 Å². The highest BCUT2D eigenvalue weighted by Crippen LogP contribution is 2.26. The summed E-state index contributed by atoms with van der Waals surface area (Å²) in [5.41, 5.74) is 2.09. The van der Waals surface area contributed by atoms with Crippen molar-refractivity contribution in [3.05, 3.63) is 60.2 Å². The normalized spacial score (nSPS) is 18.4. The van der Waals surface area contributed by atoms with Crippen molar-refractivity contribution in [2.24, 2.45) is 11.8 Å². The van der Waals surface area contributed by atoms with Crippen molar-refractivity contribution < 1.29 is 21.6 Å². The lowest BCUT2D eigenvalue weighted by atomic mass is 9.90. The molecule has 1 amide bonds. The Hall–Kier alpha value is -2.27. The third-order valence-electron chi connectivity index (χ3n) is 8.45. The summed E-state index contributed by atoms with van der Waals surface area (Å²) in [7, 11) is -6.40. The minimum absolute atomic E-state index is 0.0940. The number of hydrogen-bond acceptors (Lipinski definition) is 6. The van der Waals surface area contributed by atoms with E-state index < -0.39 is 19.9 Å². The number of carbonyl (C=O) groups excluding carboxylic acids is 1. The van der Waals surface area contributed by atoms with Crippen LogP contribution in [0.15, 0.2) is 59.5 Å². The molecule has 0 aromatic heterocycles. The molecule has 2 heterocycles. The van der Waals surface area contributed by atoms with Crippen LogP contribution >= 0.6 is 0 Å². The molecule has 0 radical (unpaired) electrons. The molecular formula is C31H45N3O5S2. The third-order valence-corrected chi connectivity index (χ3v) is 11.7. The van der Waals surface area contributed by atoms with Crippen LogP contribution in [0, 0.1) is 11.8 Å². The molecule has 0 atom stereocenters. The van der Waals surface area contributed by atoms with Crippen molar-refractivity contribution in [3.8, 4) is 0 Å². The Balaban J connectivity index is 1.25. The molecule has 0 aliphatic carbocycles. The van der Waals surface area contributed by atoms with Crippen LogP contribution < -0.4 is 4.90 Å². The Morgan fingerprint density at radius 2 is 1.51 bits per heavy atom. The number of carbonyl (C=O) groups is 1. The number of piperidine rings is 2. The number of hydrogen-bond donors (Lipinski definition) is 0. The van der Waals surface area contributed by atoms with Crippen LogP contribution in [0.25, 0.3) is 0 Å². The number of rotatable bonds is 12.